The molecule has 0 radical (unpaired) electrons. The molecule has 3 aromatic rings. The maximum Gasteiger partial charge on any atom is 0.246 e. The highest BCUT2D eigenvalue weighted by molar-refractivity contribution is 5.93. The molecule has 1 spiro atoms. The number of carbonyl (C=O) groups excluding carboxylic acids is 1. The molecule has 0 atom stereocenters. The van der Waals surface area contributed by atoms with Crippen LogP contribution >= 0.6 is 0 Å². The third-order valence-electron chi connectivity index (χ3n) is 6.58. The number of fused-ring (bicyclic) bond motifs is 3. The number of nitrogens with two attached hydrogens (primary N) is 1. The van der Waals surface area contributed by atoms with Crippen LogP contribution in [0.25, 0.3) is 16.8 Å². The molecule has 1 saturated heterocycles. The van der Waals surface area contributed by atoms with Crippen LogP contribution in [0.5, 0.6) is 5.75 Å². The molecule has 1 fully saturated rings. The summed E-state index contributed by atoms with van der Waals surface area (Å²) in [6, 6.07) is 20.8. The SMILES string of the molecule is NCc1ccc2c(c1)C1(CCN(C(=O)C=Cc3ccc4ccccc4c3)CC1)CO2. The average Bonchev–Trinajstić information content (AvgIpc) is 3.15. The van der Waals surface area contributed by atoms with Crippen LogP contribution < -0.4 is 10.5 Å². The number of carbonyl (C=O) groups is 1. The summed E-state index contributed by atoms with van der Waals surface area (Å²) in [5.41, 5.74) is 9.29. The molecular formula is C26H26N2O2. The molecule has 0 aromatic heterocycles. The van der Waals surface area contributed by atoms with Crippen molar-refractivity contribution in [3.05, 3.63) is 83.4 Å². The summed E-state index contributed by atoms with van der Waals surface area (Å²) in [6.07, 6.45) is 5.46. The van der Waals surface area contributed by atoms with Crippen molar-refractivity contribution in [2.45, 2.75) is 24.8 Å². The Kier molecular flexibility index (Phi) is 4.80. The second-order valence-corrected chi connectivity index (χ2v) is 8.37. The molecule has 5 rings (SSSR count). The van der Waals surface area contributed by atoms with Crippen molar-refractivity contribution in [3.63, 3.8) is 0 Å². The van der Waals surface area contributed by atoms with E-state index in [0.29, 0.717) is 13.2 Å². The fourth-order valence-electron chi connectivity index (χ4n) is 4.69. The average molecular weight is 399 g/mol. The van der Waals surface area contributed by atoms with E-state index >= 15 is 0 Å². The lowest BCUT2D eigenvalue weighted by molar-refractivity contribution is -0.127. The number of piperidine rings is 1. The van der Waals surface area contributed by atoms with Gasteiger partial charge in [0, 0.05) is 36.7 Å². The van der Waals surface area contributed by atoms with E-state index in [1.54, 1.807) is 6.08 Å². The minimum Gasteiger partial charge on any atom is -0.492 e. The summed E-state index contributed by atoms with van der Waals surface area (Å²) < 4.78 is 5.97. The van der Waals surface area contributed by atoms with Gasteiger partial charge in [-0.05, 0) is 52.9 Å². The van der Waals surface area contributed by atoms with Crippen molar-refractivity contribution in [1.29, 1.82) is 0 Å². The Bertz CT molecular complexity index is 1130. The molecule has 0 aliphatic carbocycles. The molecule has 30 heavy (non-hydrogen) atoms. The van der Waals surface area contributed by atoms with Gasteiger partial charge in [0.05, 0.1) is 6.61 Å². The summed E-state index contributed by atoms with van der Waals surface area (Å²) in [5.74, 6) is 1.05. The summed E-state index contributed by atoms with van der Waals surface area (Å²) in [6.45, 7) is 2.73. The normalized spacial score (nSPS) is 17.4. The van der Waals surface area contributed by atoms with Crippen LogP contribution in [0.4, 0.5) is 0 Å². The first-order valence-corrected chi connectivity index (χ1v) is 10.6. The number of nitrogens with zero attached hydrogens (tertiary/aromatic N) is 1. The van der Waals surface area contributed by atoms with Crippen LogP contribution in [0.2, 0.25) is 0 Å². The molecule has 2 N–H and O–H groups in total. The first-order chi connectivity index (χ1) is 14.7. The Balaban J connectivity index is 1.27. The third kappa shape index (κ3) is 3.37. The van der Waals surface area contributed by atoms with E-state index in [1.165, 1.54) is 16.3 Å². The largest absolute Gasteiger partial charge is 0.492 e. The predicted octanol–water partition coefficient (Wildman–Crippen LogP) is 4.26. The molecule has 152 valence electrons. The van der Waals surface area contributed by atoms with Gasteiger partial charge in [-0.25, -0.2) is 0 Å². The molecule has 0 unspecified atom stereocenters. The first kappa shape index (κ1) is 18.9. The highest BCUT2D eigenvalue weighted by Gasteiger charge is 2.43. The van der Waals surface area contributed by atoms with Crippen LogP contribution in [0.1, 0.15) is 29.5 Å². The number of hydrogen-bond donors (Lipinski definition) is 1. The Morgan fingerprint density at radius 2 is 1.83 bits per heavy atom. The lowest BCUT2D eigenvalue weighted by atomic mass is 9.74. The zero-order valence-electron chi connectivity index (χ0n) is 17.0. The van der Waals surface area contributed by atoms with Gasteiger partial charge in [-0.1, -0.05) is 48.5 Å². The topological polar surface area (TPSA) is 55.6 Å². The Morgan fingerprint density at radius 1 is 1.03 bits per heavy atom. The van der Waals surface area contributed by atoms with Crippen molar-refractivity contribution < 1.29 is 9.53 Å². The van der Waals surface area contributed by atoms with Crippen molar-refractivity contribution in [1.82, 2.24) is 4.90 Å². The lowest BCUT2D eigenvalue weighted by Gasteiger charge is -2.38. The monoisotopic (exact) mass is 398 g/mol. The van der Waals surface area contributed by atoms with E-state index in [9.17, 15) is 4.79 Å². The smallest absolute Gasteiger partial charge is 0.246 e. The minimum absolute atomic E-state index is 0.0132. The molecular weight excluding hydrogens is 372 g/mol. The predicted molar refractivity (Wildman–Crippen MR) is 120 cm³/mol. The van der Waals surface area contributed by atoms with Crippen molar-refractivity contribution in [3.8, 4) is 5.75 Å². The molecule has 4 nitrogen and oxygen atoms in total. The highest BCUT2D eigenvalue weighted by Crippen LogP contribution is 2.45. The fraction of sp³-hybridized carbons (Fsp3) is 0.269. The number of amides is 1. The molecule has 1 amide bonds. The van der Waals surface area contributed by atoms with Gasteiger partial charge >= 0.3 is 0 Å². The molecule has 3 aromatic carbocycles. The van der Waals surface area contributed by atoms with E-state index in [1.807, 2.05) is 35.2 Å². The number of benzene rings is 3. The molecule has 0 bridgehead atoms. The minimum atomic E-state index is 0.0132. The number of hydrogen-bond acceptors (Lipinski definition) is 3. The zero-order chi connectivity index (χ0) is 20.6. The van der Waals surface area contributed by atoms with E-state index in [-0.39, 0.29) is 11.3 Å². The Hall–Kier alpha value is -3.11. The number of ether oxygens (including phenoxy) is 1. The highest BCUT2D eigenvalue weighted by atomic mass is 16.5. The number of rotatable bonds is 3. The zero-order valence-corrected chi connectivity index (χ0v) is 17.0. The van der Waals surface area contributed by atoms with Gasteiger partial charge in [-0.3, -0.25) is 4.79 Å². The van der Waals surface area contributed by atoms with Gasteiger partial charge in [0.15, 0.2) is 0 Å². The quantitative estimate of drug-likeness (QED) is 0.671. The van der Waals surface area contributed by atoms with Crippen molar-refractivity contribution in [2.24, 2.45) is 5.73 Å². The fourth-order valence-corrected chi connectivity index (χ4v) is 4.69. The standard InChI is InChI=1S/C26H26N2O2/c27-17-20-6-9-24-23(16-20)26(18-30-24)11-13-28(14-12-26)25(29)10-7-19-5-8-21-3-1-2-4-22(21)15-19/h1-10,15-16H,11-14,17-18,27H2. The third-order valence-corrected chi connectivity index (χ3v) is 6.58. The van der Waals surface area contributed by atoms with Gasteiger partial charge in [0.2, 0.25) is 5.91 Å². The van der Waals surface area contributed by atoms with Gasteiger partial charge < -0.3 is 15.4 Å². The summed E-state index contributed by atoms with van der Waals surface area (Å²) in [4.78, 5) is 14.7. The van der Waals surface area contributed by atoms with E-state index in [4.69, 9.17) is 10.5 Å². The van der Waals surface area contributed by atoms with E-state index < -0.39 is 0 Å². The van der Waals surface area contributed by atoms with Crippen LogP contribution in [0, 0.1) is 0 Å². The Labute approximate surface area is 176 Å². The first-order valence-electron chi connectivity index (χ1n) is 10.6. The van der Waals surface area contributed by atoms with Gasteiger partial charge in [0.25, 0.3) is 0 Å². The maximum atomic E-state index is 12.8. The van der Waals surface area contributed by atoms with Crippen molar-refractivity contribution in [2.75, 3.05) is 19.7 Å². The maximum absolute atomic E-state index is 12.8. The molecule has 0 saturated carbocycles. The second-order valence-electron chi connectivity index (χ2n) is 8.37. The molecule has 2 aliphatic rings. The molecule has 4 heteroatoms. The van der Waals surface area contributed by atoms with E-state index in [0.717, 1.165) is 42.8 Å². The lowest BCUT2D eigenvalue weighted by Crippen LogP contribution is -2.45. The van der Waals surface area contributed by atoms with Crippen molar-refractivity contribution >= 4 is 22.8 Å². The molecule has 2 aliphatic heterocycles. The summed E-state index contributed by atoms with van der Waals surface area (Å²) in [7, 11) is 0. The molecule has 2 heterocycles. The summed E-state index contributed by atoms with van der Waals surface area (Å²) >= 11 is 0. The van der Waals surface area contributed by atoms with Gasteiger partial charge in [-0.15, -0.1) is 0 Å². The van der Waals surface area contributed by atoms with Crippen LogP contribution in [0.3, 0.4) is 0 Å². The van der Waals surface area contributed by atoms with Crippen LogP contribution in [-0.2, 0) is 16.8 Å². The second kappa shape index (κ2) is 7.62. The summed E-state index contributed by atoms with van der Waals surface area (Å²) in [5, 5.41) is 2.39. The van der Waals surface area contributed by atoms with Crippen LogP contribution in [-0.4, -0.2) is 30.5 Å². The Morgan fingerprint density at radius 3 is 2.63 bits per heavy atom. The number of likely N-dealkylation sites (tertiary alicyclic amines) is 1. The van der Waals surface area contributed by atoms with Crippen LogP contribution in [0.15, 0.2) is 66.7 Å². The van der Waals surface area contributed by atoms with Gasteiger partial charge in [0.1, 0.15) is 5.75 Å². The van der Waals surface area contributed by atoms with Gasteiger partial charge in [-0.2, -0.15) is 0 Å². The van der Waals surface area contributed by atoms with E-state index in [2.05, 4.69) is 36.4 Å².